The fourth-order valence-corrected chi connectivity index (χ4v) is 5.34. The molecule has 0 aliphatic carbocycles. The molecule has 32 heavy (non-hydrogen) atoms. The minimum atomic E-state index is -1.10. The molecule has 3 atom stereocenters. The van der Waals surface area contributed by atoms with Gasteiger partial charge in [0, 0.05) is 32.3 Å². The van der Waals surface area contributed by atoms with Crippen molar-refractivity contribution in [3.8, 4) is 6.01 Å². The summed E-state index contributed by atoms with van der Waals surface area (Å²) in [4.78, 5) is 27.6. The molecule has 2 aromatic heterocycles. The summed E-state index contributed by atoms with van der Waals surface area (Å²) in [5.41, 5.74) is -0.411. The van der Waals surface area contributed by atoms with E-state index in [2.05, 4.69) is 25.2 Å². The summed E-state index contributed by atoms with van der Waals surface area (Å²) in [7, 11) is 0. The number of hydrogen-bond acceptors (Lipinski definition) is 7. The average Bonchev–Trinajstić information content (AvgIpc) is 3.43. The van der Waals surface area contributed by atoms with Crippen LogP contribution < -0.4 is 15.0 Å². The standard InChI is InChI=1S/C20H23ClF2N6O3/c21-16-14(23)15-13(7-24-16)17(28-5-2-12(9-28)25-19(30)31)27-18(26-15)32-10-20-3-1-4-29(20)8-11(22)6-20/h7,11-12,25H,1-6,8-10H2,(H,30,31)/t11-,12+,20+/m1/s1. The minimum Gasteiger partial charge on any atom is -0.465 e. The lowest BCUT2D eigenvalue weighted by atomic mass is 9.95. The molecule has 3 fully saturated rings. The number of aromatic nitrogens is 3. The van der Waals surface area contributed by atoms with E-state index >= 15 is 0 Å². The van der Waals surface area contributed by atoms with Gasteiger partial charge in [-0.2, -0.15) is 9.97 Å². The molecule has 5 heterocycles. The number of nitrogens with zero attached hydrogens (tertiary/aromatic N) is 5. The first-order valence-corrected chi connectivity index (χ1v) is 11.0. The Hall–Kier alpha value is -2.53. The number of pyridine rings is 1. The monoisotopic (exact) mass is 468 g/mol. The molecular weight excluding hydrogens is 446 g/mol. The second-order valence-corrected chi connectivity index (χ2v) is 9.06. The number of ether oxygens (including phenoxy) is 1. The zero-order valence-corrected chi connectivity index (χ0v) is 18.0. The third-order valence-corrected chi connectivity index (χ3v) is 6.91. The molecule has 2 N–H and O–H groups in total. The van der Waals surface area contributed by atoms with Crippen molar-refractivity contribution < 1.29 is 23.4 Å². The summed E-state index contributed by atoms with van der Waals surface area (Å²) in [6, 6.07) is -0.301. The van der Waals surface area contributed by atoms with Crippen LogP contribution in [0.4, 0.5) is 19.4 Å². The molecule has 0 aromatic carbocycles. The molecule has 0 spiro atoms. The van der Waals surface area contributed by atoms with Crippen LogP contribution in [-0.4, -0.2) is 81.6 Å². The highest BCUT2D eigenvalue weighted by molar-refractivity contribution is 6.30. The van der Waals surface area contributed by atoms with Crippen molar-refractivity contribution >= 4 is 34.4 Å². The summed E-state index contributed by atoms with van der Waals surface area (Å²) in [5.74, 6) is -0.374. The zero-order valence-electron chi connectivity index (χ0n) is 17.2. The molecule has 0 radical (unpaired) electrons. The van der Waals surface area contributed by atoms with Gasteiger partial charge in [0.05, 0.1) is 17.0 Å². The van der Waals surface area contributed by atoms with Crippen LogP contribution in [-0.2, 0) is 0 Å². The molecule has 5 rings (SSSR count). The molecule has 172 valence electrons. The number of rotatable bonds is 5. The van der Waals surface area contributed by atoms with E-state index in [4.69, 9.17) is 21.4 Å². The van der Waals surface area contributed by atoms with Crippen molar-refractivity contribution in [3.05, 3.63) is 17.2 Å². The maximum Gasteiger partial charge on any atom is 0.404 e. The van der Waals surface area contributed by atoms with Crippen LogP contribution in [0.25, 0.3) is 10.9 Å². The van der Waals surface area contributed by atoms with E-state index in [0.717, 1.165) is 19.4 Å². The van der Waals surface area contributed by atoms with Crippen LogP contribution in [0.15, 0.2) is 6.20 Å². The highest BCUT2D eigenvalue weighted by Gasteiger charge is 2.49. The normalized spacial score (nSPS) is 27.8. The average molecular weight is 469 g/mol. The van der Waals surface area contributed by atoms with E-state index in [-0.39, 0.29) is 29.3 Å². The number of fused-ring (bicyclic) bond motifs is 2. The summed E-state index contributed by atoms with van der Waals surface area (Å²) in [6.45, 7) is 2.32. The third-order valence-electron chi connectivity index (χ3n) is 6.65. The predicted octanol–water partition coefficient (Wildman–Crippen LogP) is 2.62. The quantitative estimate of drug-likeness (QED) is 0.645. The molecule has 3 saturated heterocycles. The van der Waals surface area contributed by atoms with Gasteiger partial charge in [0.2, 0.25) is 0 Å². The first-order chi connectivity index (χ1) is 15.3. The summed E-state index contributed by atoms with van der Waals surface area (Å²) < 4.78 is 34.8. The Kier molecular flexibility index (Phi) is 5.40. The molecule has 3 aliphatic heterocycles. The molecule has 0 bridgehead atoms. The zero-order chi connectivity index (χ0) is 22.5. The molecule has 2 aromatic rings. The van der Waals surface area contributed by atoms with Gasteiger partial charge in [-0.25, -0.2) is 18.6 Å². The predicted molar refractivity (Wildman–Crippen MR) is 113 cm³/mol. The Morgan fingerprint density at radius 3 is 3.03 bits per heavy atom. The van der Waals surface area contributed by atoms with Crippen molar-refractivity contribution in [1.29, 1.82) is 0 Å². The van der Waals surface area contributed by atoms with Crippen molar-refractivity contribution in [2.24, 2.45) is 0 Å². The number of amides is 1. The Bertz CT molecular complexity index is 1060. The molecule has 3 aliphatic rings. The van der Waals surface area contributed by atoms with E-state index in [9.17, 15) is 13.6 Å². The summed E-state index contributed by atoms with van der Waals surface area (Å²) in [6.07, 6.45) is 2.18. The van der Waals surface area contributed by atoms with E-state index < -0.39 is 23.6 Å². The lowest BCUT2D eigenvalue weighted by Gasteiger charge is -2.31. The van der Waals surface area contributed by atoms with Gasteiger partial charge < -0.3 is 20.1 Å². The van der Waals surface area contributed by atoms with E-state index in [1.807, 2.05) is 4.90 Å². The van der Waals surface area contributed by atoms with Crippen LogP contribution in [0, 0.1) is 5.82 Å². The van der Waals surface area contributed by atoms with Crippen molar-refractivity contribution in [2.45, 2.75) is 43.4 Å². The van der Waals surface area contributed by atoms with Gasteiger partial charge in [-0.15, -0.1) is 0 Å². The Morgan fingerprint density at radius 1 is 1.38 bits per heavy atom. The lowest BCUT2D eigenvalue weighted by Crippen LogP contribution is -2.43. The van der Waals surface area contributed by atoms with Gasteiger partial charge in [-0.3, -0.25) is 4.90 Å². The molecule has 9 nitrogen and oxygen atoms in total. The summed E-state index contributed by atoms with van der Waals surface area (Å²) >= 11 is 5.88. The third kappa shape index (κ3) is 3.77. The Labute approximate surface area is 187 Å². The number of alkyl halides is 1. The maximum atomic E-state index is 14.8. The van der Waals surface area contributed by atoms with Crippen LogP contribution in [0.2, 0.25) is 5.15 Å². The molecule has 0 unspecified atom stereocenters. The Morgan fingerprint density at radius 2 is 2.22 bits per heavy atom. The number of hydrogen-bond donors (Lipinski definition) is 2. The van der Waals surface area contributed by atoms with Gasteiger partial charge in [0.1, 0.15) is 24.1 Å². The molecule has 12 heteroatoms. The van der Waals surface area contributed by atoms with Crippen LogP contribution in [0.1, 0.15) is 25.7 Å². The highest BCUT2D eigenvalue weighted by atomic mass is 35.5. The highest BCUT2D eigenvalue weighted by Crippen LogP contribution is 2.40. The second-order valence-electron chi connectivity index (χ2n) is 8.70. The van der Waals surface area contributed by atoms with Crippen molar-refractivity contribution in [3.63, 3.8) is 0 Å². The number of carboxylic acid groups (broad SMARTS) is 1. The van der Waals surface area contributed by atoms with E-state index in [1.54, 1.807) is 0 Å². The fraction of sp³-hybridized carbons (Fsp3) is 0.600. The van der Waals surface area contributed by atoms with Gasteiger partial charge in [-0.1, -0.05) is 11.6 Å². The largest absolute Gasteiger partial charge is 0.465 e. The fourth-order valence-electron chi connectivity index (χ4n) is 5.20. The summed E-state index contributed by atoms with van der Waals surface area (Å²) in [5, 5.41) is 11.5. The number of carbonyl (C=O) groups is 1. The molecule has 0 saturated carbocycles. The lowest BCUT2D eigenvalue weighted by molar-refractivity contribution is 0.107. The first-order valence-electron chi connectivity index (χ1n) is 10.6. The number of anilines is 1. The van der Waals surface area contributed by atoms with Gasteiger partial charge >= 0.3 is 12.1 Å². The minimum absolute atomic E-state index is 0.0183. The number of halogens is 3. The van der Waals surface area contributed by atoms with E-state index in [1.165, 1.54) is 6.20 Å². The van der Waals surface area contributed by atoms with Gasteiger partial charge in [0.15, 0.2) is 11.0 Å². The van der Waals surface area contributed by atoms with Gasteiger partial charge in [-0.05, 0) is 25.8 Å². The first kappa shape index (κ1) is 21.3. The maximum absolute atomic E-state index is 14.8. The van der Waals surface area contributed by atoms with Crippen LogP contribution in [0.5, 0.6) is 6.01 Å². The second kappa shape index (κ2) is 8.11. The smallest absolute Gasteiger partial charge is 0.404 e. The van der Waals surface area contributed by atoms with Crippen LogP contribution in [0.3, 0.4) is 0 Å². The number of nitrogens with one attached hydrogen (secondary N) is 1. The Balaban J connectivity index is 1.46. The van der Waals surface area contributed by atoms with Crippen LogP contribution >= 0.6 is 11.6 Å². The topological polar surface area (TPSA) is 104 Å². The van der Waals surface area contributed by atoms with Gasteiger partial charge in [0.25, 0.3) is 0 Å². The van der Waals surface area contributed by atoms with E-state index in [0.29, 0.717) is 43.7 Å². The van der Waals surface area contributed by atoms with Crippen molar-refractivity contribution in [1.82, 2.24) is 25.2 Å². The molecular formula is C20H23ClF2N6O3. The SMILES string of the molecule is O=C(O)N[C@H]1CCN(c2nc(OC[C@@]34CCCN3C[C@H](F)C4)nc3c(F)c(Cl)ncc23)C1. The van der Waals surface area contributed by atoms with Crippen molar-refractivity contribution in [2.75, 3.05) is 37.7 Å². The molecule has 1 amide bonds.